The summed E-state index contributed by atoms with van der Waals surface area (Å²) in [4.78, 5) is 9.04. The lowest BCUT2D eigenvalue weighted by Crippen LogP contribution is -2.34. The van der Waals surface area contributed by atoms with Crippen molar-refractivity contribution >= 4 is 27.3 Å². The number of H-pyrrole nitrogens is 1. The Morgan fingerprint density at radius 2 is 2.18 bits per heavy atom. The van der Waals surface area contributed by atoms with Gasteiger partial charge in [-0.1, -0.05) is 12.8 Å². The first-order chi connectivity index (χ1) is 8.17. The number of rotatable bonds is 2. The van der Waals surface area contributed by atoms with E-state index in [1.165, 1.54) is 17.7 Å². The minimum atomic E-state index is -0.229. The number of hydrogen-bond donors (Lipinski definition) is 2. The number of hydrogen-bond acceptors (Lipinski definition) is 3. The molecule has 3 nitrogen and oxygen atoms in total. The molecular weight excluding hydrogens is 298 g/mol. The smallest absolute Gasteiger partial charge is 0.126 e. The Bertz CT molecular complexity index is 525. The number of halogens is 1. The van der Waals surface area contributed by atoms with Crippen molar-refractivity contribution in [1.82, 2.24) is 9.97 Å². The van der Waals surface area contributed by atoms with Gasteiger partial charge < -0.3 is 10.7 Å². The number of nitrogens with zero attached hydrogens (tertiary/aromatic N) is 1. The molecule has 0 amide bonds. The first kappa shape index (κ1) is 11.4. The van der Waals surface area contributed by atoms with Crippen LogP contribution in [-0.2, 0) is 5.54 Å². The van der Waals surface area contributed by atoms with Gasteiger partial charge in [0, 0.05) is 9.85 Å². The van der Waals surface area contributed by atoms with E-state index >= 15 is 0 Å². The Balaban J connectivity index is 1.92. The van der Waals surface area contributed by atoms with Crippen molar-refractivity contribution in [3.8, 4) is 10.6 Å². The van der Waals surface area contributed by atoms with E-state index in [1.54, 1.807) is 11.3 Å². The number of thiophene rings is 1. The zero-order valence-corrected chi connectivity index (χ0v) is 11.8. The van der Waals surface area contributed by atoms with Gasteiger partial charge >= 0.3 is 0 Å². The monoisotopic (exact) mass is 311 g/mol. The Labute approximate surface area is 113 Å². The van der Waals surface area contributed by atoms with Gasteiger partial charge in [-0.3, -0.25) is 0 Å². The van der Waals surface area contributed by atoms with Crippen LogP contribution in [0.5, 0.6) is 0 Å². The predicted octanol–water partition coefficient (Wildman–Crippen LogP) is 3.63. The molecule has 0 radical (unpaired) electrons. The molecule has 3 N–H and O–H groups in total. The van der Waals surface area contributed by atoms with Crippen LogP contribution in [0.15, 0.2) is 22.1 Å². The Hall–Kier alpha value is -0.650. The van der Waals surface area contributed by atoms with Crippen LogP contribution in [0, 0.1) is 0 Å². The average Bonchev–Trinajstić information content (AvgIpc) is 2.96. The molecule has 1 fully saturated rings. The van der Waals surface area contributed by atoms with Gasteiger partial charge in [-0.2, -0.15) is 0 Å². The predicted molar refractivity (Wildman–Crippen MR) is 73.9 cm³/mol. The van der Waals surface area contributed by atoms with Crippen LogP contribution in [0.4, 0.5) is 0 Å². The van der Waals surface area contributed by atoms with Gasteiger partial charge in [0.1, 0.15) is 5.82 Å². The summed E-state index contributed by atoms with van der Waals surface area (Å²) in [5.74, 6) is 0.939. The fraction of sp³-hybridized carbons (Fsp3) is 0.417. The zero-order valence-electron chi connectivity index (χ0n) is 9.37. The molecule has 17 heavy (non-hydrogen) atoms. The molecule has 0 bridgehead atoms. The molecule has 2 aromatic rings. The van der Waals surface area contributed by atoms with Crippen LogP contribution in [0.3, 0.4) is 0 Å². The lowest BCUT2D eigenvalue weighted by molar-refractivity contribution is 0.436. The number of imidazole rings is 1. The van der Waals surface area contributed by atoms with Gasteiger partial charge in [0.25, 0.3) is 0 Å². The third-order valence-electron chi connectivity index (χ3n) is 3.38. The van der Waals surface area contributed by atoms with E-state index in [0.717, 1.165) is 28.8 Å². The number of nitrogens with two attached hydrogens (primary N) is 1. The summed E-state index contributed by atoms with van der Waals surface area (Å²) in [7, 11) is 0. The molecule has 0 unspecified atom stereocenters. The summed E-state index contributed by atoms with van der Waals surface area (Å²) in [5, 5.41) is 2.07. The van der Waals surface area contributed by atoms with E-state index in [2.05, 4.69) is 37.3 Å². The minimum Gasteiger partial charge on any atom is -0.340 e. The van der Waals surface area contributed by atoms with Crippen LogP contribution >= 0.6 is 27.3 Å². The van der Waals surface area contributed by atoms with E-state index in [0.29, 0.717) is 0 Å². The second-order valence-electron chi connectivity index (χ2n) is 4.64. The summed E-state index contributed by atoms with van der Waals surface area (Å²) < 4.78 is 1.11. The lowest BCUT2D eigenvalue weighted by Gasteiger charge is -2.20. The molecule has 0 atom stereocenters. The van der Waals surface area contributed by atoms with E-state index in [4.69, 9.17) is 5.73 Å². The Kier molecular flexibility index (Phi) is 2.84. The van der Waals surface area contributed by atoms with Crippen molar-refractivity contribution in [2.24, 2.45) is 5.73 Å². The molecule has 1 aliphatic rings. The van der Waals surface area contributed by atoms with Crippen LogP contribution in [-0.4, -0.2) is 9.97 Å². The topological polar surface area (TPSA) is 54.7 Å². The van der Waals surface area contributed by atoms with Crippen LogP contribution < -0.4 is 5.73 Å². The molecule has 0 saturated heterocycles. The van der Waals surface area contributed by atoms with Crippen molar-refractivity contribution in [1.29, 1.82) is 0 Å². The number of aromatic amines is 1. The minimum absolute atomic E-state index is 0.229. The summed E-state index contributed by atoms with van der Waals surface area (Å²) in [5.41, 5.74) is 7.21. The van der Waals surface area contributed by atoms with Crippen molar-refractivity contribution in [2.45, 2.75) is 31.2 Å². The third kappa shape index (κ3) is 2.07. The molecule has 1 aliphatic carbocycles. The fourth-order valence-electron chi connectivity index (χ4n) is 2.40. The SMILES string of the molecule is NC1(c2ncc(-c3cc(Br)cs3)[nH]2)CCCC1. The molecule has 2 heterocycles. The molecule has 1 saturated carbocycles. The van der Waals surface area contributed by atoms with E-state index < -0.39 is 0 Å². The van der Waals surface area contributed by atoms with Gasteiger partial charge in [0.05, 0.1) is 22.3 Å². The van der Waals surface area contributed by atoms with Crippen molar-refractivity contribution in [3.63, 3.8) is 0 Å². The maximum Gasteiger partial charge on any atom is 0.126 e. The molecule has 0 aromatic carbocycles. The maximum atomic E-state index is 6.38. The van der Waals surface area contributed by atoms with Gasteiger partial charge in [-0.15, -0.1) is 11.3 Å². The first-order valence-electron chi connectivity index (χ1n) is 5.76. The lowest BCUT2D eigenvalue weighted by atomic mass is 9.99. The summed E-state index contributed by atoms with van der Waals surface area (Å²) in [6.07, 6.45) is 6.37. The van der Waals surface area contributed by atoms with Crippen LogP contribution in [0.1, 0.15) is 31.5 Å². The number of nitrogens with one attached hydrogen (secondary N) is 1. The Morgan fingerprint density at radius 1 is 1.41 bits per heavy atom. The van der Waals surface area contributed by atoms with E-state index in [9.17, 15) is 0 Å². The van der Waals surface area contributed by atoms with E-state index in [-0.39, 0.29) is 5.54 Å². The molecule has 90 valence electrons. The first-order valence-corrected chi connectivity index (χ1v) is 7.43. The highest BCUT2D eigenvalue weighted by Crippen LogP contribution is 2.36. The van der Waals surface area contributed by atoms with E-state index in [1.807, 2.05) is 6.20 Å². The Morgan fingerprint density at radius 3 is 2.82 bits per heavy atom. The third-order valence-corrected chi connectivity index (χ3v) is 5.10. The highest BCUT2D eigenvalue weighted by Gasteiger charge is 2.34. The molecule has 0 spiro atoms. The average molecular weight is 312 g/mol. The second kappa shape index (κ2) is 4.23. The standard InChI is InChI=1S/C12H14BrN3S/c13-8-5-10(17-7-8)9-6-15-11(16-9)12(14)3-1-2-4-12/h5-7H,1-4,14H2,(H,15,16). The molecule has 5 heteroatoms. The largest absolute Gasteiger partial charge is 0.340 e. The van der Waals surface area contributed by atoms with Gasteiger partial charge in [0.15, 0.2) is 0 Å². The van der Waals surface area contributed by atoms with Gasteiger partial charge in [-0.05, 0) is 34.8 Å². The summed E-state index contributed by atoms with van der Waals surface area (Å²) in [6, 6.07) is 2.10. The highest BCUT2D eigenvalue weighted by molar-refractivity contribution is 9.10. The molecule has 0 aliphatic heterocycles. The fourth-order valence-corrected chi connectivity index (χ4v) is 3.79. The molecule has 3 rings (SSSR count). The van der Waals surface area contributed by atoms with Crippen LogP contribution in [0.2, 0.25) is 0 Å². The summed E-state index contributed by atoms with van der Waals surface area (Å²) >= 11 is 5.16. The maximum absolute atomic E-state index is 6.38. The quantitative estimate of drug-likeness (QED) is 0.889. The second-order valence-corrected chi connectivity index (χ2v) is 6.46. The van der Waals surface area contributed by atoms with Crippen molar-refractivity contribution < 1.29 is 0 Å². The normalized spacial score (nSPS) is 18.7. The summed E-state index contributed by atoms with van der Waals surface area (Å²) in [6.45, 7) is 0. The van der Waals surface area contributed by atoms with Crippen molar-refractivity contribution in [3.05, 3.63) is 27.9 Å². The van der Waals surface area contributed by atoms with Gasteiger partial charge in [0.2, 0.25) is 0 Å². The van der Waals surface area contributed by atoms with Gasteiger partial charge in [-0.25, -0.2) is 4.98 Å². The number of aromatic nitrogens is 2. The molecule has 2 aromatic heterocycles. The highest BCUT2D eigenvalue weighted by atomic mass is 79.9. The zero-order chi connectivity index (χ0) is 11.9. The van der Waals surface area contributed by atoms with Crippen molar-refractivity contribution in [2.75, 3.05) is 0 Å². The molecular formula is C12H14BrN3S. The van der Waals surface area contributed by atoms with Crippen LogP contribution in [0.25, 0.3) is 10.6 Å².